The third kappa shape index (κ3) is 3.40. The van der Waals surface area contributed by atoms with Crippen LogP contribution in [0.2, 0.25) is 0 Å². The van der Waals surface area contributed by atoms with Gasteiger partial charge in [0.2, 0.25) is 17.7 Å². The first-order valence-corrected chi connectivity index (χ1v) is 7.89. The molecule has 24 heavy (non-hydrogen) atoms. The predicted molar refractivity (Wildman–Crippen MR) is 87.8 cm³/mol. The number of thiophene rings is 1. The van der Waals surface area contributed by atoms with E-state index in [-0.39, 0.29) is 12.0 Å². The number of nitrogens with one attached hydrogen (secondary N) is 1. The maximum atomic E-state index is 12.8. The van der Waals surface area contributed by atoms with E-state index in [1.165, 1.54) is 0 Å². The van der Waals surface area contributed by atoms with E-state index in [9.17, 15) is 13.2 Å². The van der Waals surface area contributed by atoms with E-state index in [0.717, 1.165) is 20.5 Å². The number of benzene rings is 1. The smallest absolute Gasteiger partial charge is 0.368 e. The number of nitrogens with two attached hydrogens (primary N) is 1. The number of anilines is 2. The standard InChI is InChI=1S/C15H14F3N5S/c1-7-3-4-9-6-10(24-11(9)5-7)8(2)20-14-22-12(15(16,17)18)21-13(19)23-14/h3-6,8H,1-2H3,(H3,19,20,21,22,23). The molecule has 126 valence electrons. The van der Waals surface area contributed by atoms with E-state index >= 15 is 0 Å². The van der Waals surface area contributed by atoms with Crippen molar-refractivity contribution in [3.8, 4) is 0 Å². The Bertz CT molecular complexity index is 890. The Morgan fingerprint density at radius 3 is 2.62 bits per heavy atom. The van der Waals surface area contributed by atoms with Gasteiger partial charge in [0.25, 0.3) is 0 Å². The zero-order chi connectivity index (χ0) is 17.5. The summed E-state index contributed by atoms with van der Waals surface area (Å²) in [5.74, 6) is -1.98. The zero-order valence-electron chi connectivity index (χ0n) is 12.8. The average Bonchev–Trinajstić information content (AvgIpc) is 2.88. The van der Waals surface area contributed by atoms with Gasteiger partial charge in [0, 0.05) is 9.58 Å². The van der Waals surface area contributed by atoms with Crippen LogP contribution in [0, 0.1) is 6.92 Å². The molecule has 3 aromatic rings. The zero-order valence-corrected chi connectivity index (χ0v) is 13.7. The average molecular weight is 353 g/mol. The van der Waals surface area contributed by atoms with E-state index in [4.69, 9.17) is 5.73 Å². The van der Waals surface area contributed by atoms with Crippen molar-refractivity contribution >= 4 is 33.3 Å². The van der Waals surface area contributed by atoms with Crippen molar-refractivity contribution in [2.24, 2.45) is 0 Å². The highest BCUT2D eigenvalue weighted by atomic mass is 32.1. The lowest BCUT2D eigenvalue weighted by Crippen LogP contribution is -2.17. The van der Waals surface area contributed by atoms with E-state index < -0.39 is 17.9 Å². The number of nitrogen functional groups attached to an aromatic ring is 1. The van der Waals surface area contributed by atoms with Crippen LogP contribution in [-0.4, -0.2) is 15.0 Å². The second-order valence-electron chi connectivity index (χ2n) is 5.39. The van der Waals surface area contributed by atoms with Gasteiger partial charge in [-0.25, -0.2) is 0 Å². The lowest BCUT2D eigenvalue weighted by Gasteiger charge is -2.13. The summed E-state index contributed by atoms with van der Waals surface area (Å²) in [6, 6.07) is 7.82. The molecule has 3 rings (SSSR count). The van der Waals surface area contributed by atoms with Gasteiger partial charge in [0.15, 0.2) is 0 Å². The fourth-order valence-corrected chi connectivity index (χ4v) is 3.39. The van der Waals surface area contributed by atoms with Crippen molar-refractivity contribution in [2.45, 2.75) is 26.1 Å². The molecule has 1 unspecified atom stereocenters. The summed E-state index contributed by atoms with van der Waals surface area (Å²) in [6.07, 6.45) is -4.67. The van der Waals surface area contributed by atoms with Crippen molar-refractivity contribution in [2.75, 3.05) is 11.1 Å². The van der Waals surface area contributed by atoms with Gasteiger partial charge in [-0.3, -0.25) is 0 Å². The van der Waals surface area contributed by atoms with Gasteiger partial charge in [0.1, 0.15) is 0 Å². The summed E-state index contributed by atoms with van der Waals surface area (Å²) in [5, 5.41) is 3.94. The van der Waals surface area contributed by atoms with Crippen LogP contribution in [-0.2, 0) is 6.18 Å². The van der Waals surface area contributed by atoms with Crippen LogP contribution in [0.15, 0.2) is 24.3 Å². The van der Waals surface area contributed by atoms with Crippen molar-refractivity contribution < 1.29 is 13.2 Å². The summed E-state index contributed by atoms with van der Waals surface area (Å²) in [7, 11) is 0. The molecule has 0 saturated carbocycles. The van der Waals surface area contributed by atoms with Gasteiger partial charge < -0.3 is 11.1 Å². The summed E-state index contributed by atoms with van der Waals surface area (Å²) in [4.78, 5) is 11.2. The van der Waals surface area contributed by atoms with Crippen LogP contribution in [0.4, 0.5) is 25.1 Å². The van der Waals surface area contributed by atoms with E-state index in [2.05, 4.69) is 26.3 Å². The van der Waals surface area contributed by atoms with Crippen molar-refractivity contribution in [1.29, 1.82) is 0 Å². The minimum Gasteiger partial charge on any atom is -0.368 e. The minimum atomic E-state index is -4.67. The van der Waals surface area contributed by atoms with Crippen LogP contribution in [0.25, 0.3) is 10.1 Å². The van der Waals surface area contributed by atoms with Crippen LogP contribution < -0.4 is 11.1 Å². The number of hydrogen-bond donors (Lipinski definition) is 2. The highest BCUT2D eigenvalue weighted by Gasteiger charge is 2.35. The van der Waals surface area contributed by atoms with E-state index in [1.54, 1.807) is 11.3 Å². The van der Waals surface area contributed by atoms with E-state index in [0.29, 0.717) is 0 Å². The normalized spacial score (nSPS) is 13.2. The highest BCUT2D eigenvalue weighted by Crippen LogP contribution is 2.32. The monoisotopic (exact) mass is 353 g/mol. The molecule has 3 N–H and O–H groups in total. The van der Waals surface area contributed by atoms with Gasteiger partial charge >= 0.3 is 6.18 Å². The lowest BCUT2D eigenvalue weighted by atomic mass is 10.2. The van der Waals surface area contributed by atoms with Crippen molar-refractivity contribution in [3.63, 3.8) is 0 Å². The highest BCUT2D eigenvalue weighted by molar-refractivity contribution is 7.19. The number of rotatable bonds is 3. The first-order valence-electron chi connectivity index (χ1n) is 7.08. The maximum absolute atomic E-state index is 12.8. The summed E-state index contributed by atoms with van der Waals surface area (Å²) in [5.41, 5.74) is 6.50. The van der Waals surface area contributed by atoms with Gasteiger partial charge in [-0.2, -0.15) is 28.1 Å². The molecule has 1 aromatic carbocycles. The molecule has 0 fully saturated rings. The maximum Gasteiger partial charge on any atom is 0.451 e. The summed E-state index contributed by atoms with van der Waals surface area (Å²) in [6.45, 7) is 3.83. The SMILES string of the molecule is Cc1ccc2cc(C(C)Nc3nc(N)nc(C(F)(F)F)n3)sc2c1. The molecular weight excluding hydrogens is 339 g/mol. The molecule has 1 atom stereocenters. The Kier molecular flexibility index (Phi) is 4.04. The molecule has 0 aliphatic heterocycles. The molecule has 0 saturated heterocycles. The fourth-order valence-electron chi connectivity index (χ4n) is 2.22. The summed E-state index contributed by atoms with van der Waals surface area (Å²) >= 11 is 1.57. The van der Waals surface area contributed by atoms with Crippen LogP contribution in [0.5, 0.6) is 0 Å². The second kappa shape index (κ2) is 5.90. The van der Waals surface area contributed by atoms with Crippen molar-refractivity contribution in [3.05, 3.63) is 40.5 Å². The van der Waals surface area contributed by atoms with Gasteiger partial charge in [0.05, 0.1) is 6.04 Å². The Morgan fingerprint density at radius 2 is 1.92 bits per heavy atom. The third-order valence-corrected chi connectivity index (χ3v) is 4.65. The molecule has 9 heteroatoms. The molecule has 0 aliphatic rings. The van der Waals surface area contributed by atoms with Gasteiger partial charge in [-0.05, 0) is 36.9 Å². The molecule has 0 amide bonds. The van der Waals surface area contributed by atoms with Crippen LogP contribution >= 0.6 is 11.3 Å². The largest absolute Gasteiger partial charge is 0.451 e. The molecule has 0 radical (unpaired) electrons. The summed E-state index contributed by atoms with van der Waals surface area (Å²) < 4.78 is 39.4. The Labute approximate surface area is 139 Å². The van der Waals surface area contributed by atoms with Gasteiger partial charge in [-0.15, -0.1) is 11.3 Å². The quantitative estimate of drug-likeness (QED) is 0.739. The van der Waals surface area contributed by atoms with Crippen LogP contribution in [0.1, 0.15) is 29.2 Å². The van der Waals surface area contributed by atoms with E-state index in [1.807, 2.05) is 32.0 Å². The van der Waals surface area contributed by atoms with Gasteiger partial charge in [-0.1, -0.05) is 12.1 Å². The lowest BCUT2D eigenvalue weighted by molar-refractivity contribution is -0.144. The Hall–Kier alpha value is -2.42. The Morgan fingerprint density at radius 1 is 1.17 bits per heavy atom. The number of alkyl halides is 3. The predicted octanol–water partition coefficient (Wildman–Crippen LogP) is 4.17. The molecule has 0 aliphatic carbocycles. The molecule has 0 spiro atoms. The third-order valence-electron chi connectivity index (χ3n) is 3.37. The Balaban J connectivity index is 1.88. The first kappa shape index (κ1) is 16.4. The number of hydrogen-bond acceptors (Lipinski definition) is 6. The van der Waals surface area contributed by atoms with Crippen LogP contribution in [0.3, 0.4) is 0 Å². The molecule has 2 aromatic heterocycles. The molecule has 0 bridgehead atoms. The molecular formula is C15H14F3N5S. The second-order valence-corrected chi connectivity index (χ2v) is 6.51. The number of aryl methyl sites for hydroxylation is 1. The number of aromatic nitrogens is 3. The number of fused-ring (bicyclic) bond motifs is 1. The minimum absolute atomic E-state index is 0.198. The topological polar surface area (TPSA) is 76.7 Å². The number of nitrogens with zero attached hydrogens (tertiary/aromatic N) is 3. The van der Waals surface area contributed by atoms with Crippen molar-refractivity contribution in [1.82, 2.24) is 15.0 Å². The molecule has 2 heterocycles. The molecule has 5 nitrogen and oxygen atoms in total. The fraction of sp³-hybridized carbons (Fsp3) is 0.267. The first-order chi connectivity index (χ1) is 11.2. The number of halogens is 3.